The highest BCUT2D eigenvalue weighted by Gasteiger charge is 2.49. The summed E-state index contributed by atoms with van der Waals surface area (Å²) in [4.78, 5) is 23.7. The lowest BCUT2D eigenvalue weighted by Gasteiger charge is -2.18. The van der Waals surface area contributed by atoms with Crippen molar-refractivity contribution in [3.05, 3.63) is 47.5 Å². The fourth-order valence-electron chi connectivity index (χ4n) is 2.52. The van der Waals surface area contributed by atoms with E-state index in [2.05, 4.69) is 0 Å². The molecular weight excluding hydrogens is 272 g/mol. The summed E-state index contributed by atoms with van der Waals surface area (Å²) in [5.74, 6) is -1.37. The standard InChI is InChI=1S/C16H16O5/c1-16(2)20-13-11(8-12(17)14(13)21-16)9-19-15(18)10-6-4-3-5-7-10/h3-8,13-14H,9H2,1-2H3/t13-,14+/m1/s1. The Labute approximate surface area is 122 Å². The molecule has 5 nitrogen and oxygen atoms in total. The van der Waals surface area contributed by atoms with Crippen molar-refractivity contribution in [2.45, 2.75) is 31.8 Å². The summed E-state index contributed by atoms with van der Waals surface area (Å²) in [6.07, 6.45) is 0.365. The molecule has 5 heteroatoms. The molecule has 21 heavy (non-hydrogen) atoms. The third kappa shape index (κ3) is 2.75. The molecule has 1 aromatic carbocycles. The van der Waals surface area contributed by atoms with Crippen LogP contribution >= 0.6 is 0 Å². The molecule has 0 saturated carbocycles. The highest BCUT2D eigenvalue weighted by atomic mass is 16.8. The Hall–Kier alpha value is -1.98. The van der Waals surface area contributed by atoms with Crippen molar-refractivity contribution in [3.8, 4) is 0 Å². The van der Waals surface area contributed by atoms with Crippen LogP contribution < -0.4 is 0 Å². The van der Waals surface area contributed by atoms with E-state index >= 15 is 0 Å². The number of carbonyl (C=O) groups excluding carboxylic acids is 2. The van der Waals surface area contributed by atoms with Crippen LogP contribution in [-0.2, 0) is 19.0 Å². The lowest BCUT2D eigenvalue weighted by molar-refractivity contribution is -0.153. The van der Waals surface area contributed by atoms with Crippen molar-refractivity contribution in [1.82, 2.24) is 0 Å². The summed E-state index contributed by atoms with van der Waals surface area (Å²) < 4.78 is 16.5. The third-order valence-corrected chi connectivity index (χ3v) is 3.45. The van der Waals surface area contributed by atoms with Crippen LogP contribution in [0.1, 0.15) is 24.2 Å². The van der Waals surface area contributed by atoms with E-state index in [1.807, 2.05) is 6.07 Å². The molecule has 0 bridgehead atoms. The molecule has 1 fully saturated rings. The van der Waals surface area contributed by atoms with Crippen LogP contribution in [0.2, 0.25) is 0 Å². The molecule has 3 rings (SSSR count). The van der Waals surface area contributed by atoms with E-state index in [-0.39, 0.29) is 12.4 Å². The molecule has 0 aromatic heterocycles. The first-order chi connectivity index (χ1) is 9.96. The Morgan fingerprint density at radius 2 is 1.86 bits per heavy atom. The molecule has 0 N–H and O–H groups in total. The van der Waals surface area contributed by atoms with Gasteiger partial charge in [-0.1, -0.05) is 18.2 Å². The van der Waals surface area contributed by atoms with Crippen molar-refractivity contribution in [2.75, 3.05) is 6.61 Å². The summed E-state index contributed by atoms with van der Waals surface area (Å²) in [6.45, 7) is 3.54. The van der Waals surface area contributed by atoms with Gasteiger partial charge in [0.1, 0.15) is 12.7 Å². The summed E-state index contributed by atoms with van der Waals surface area (Å²) in [5, 5.41) is 0. The van der Waals surface area contributed by atoms with Crippen LogP contribution in [0, 0.1) is 0 Å². The number of carbonyl (C=O) groups is 2. The number of hydrogen-bond donors (Lipinski definition) is 0. The first-order valence-corrected chi connectivity index (χ1v) is 6.78. The van der Waals surface area contributed by atoms with Gasteiger partial charge < -0.3 is 14.2 Å². The second kappa shape index (κ2) is 5.09. The molecular formula is C16H16O5. The van der Waals surface area contributed by atoms with Crippen molar-refractivity contribution in [1.29, 1.82) is 0 Å². The van der Waals surface area contributed by atoms with E-state index < -0.39 is 24.0 Å². The Morgan fingerprint density at radius 1 is 1.19 bits per heavy atom. The Balaban J connectivity index is 1.65. The molecule has 1 aromatic rings. The number of fused-ring (bicyclic) bond motifs is 1. The van der Waals surface area contributed by atoms with E-state index in [0.717, 1.165) is 0 Å². The molecule has 1 heterocycles. The largest absolute Gasteiger partial charge is 0.457 e. The molecule has 2 aliphatic rings. The number of hydrogen-bond acceptors (Lipinski definition) is 5. The van der Waals surface area contributed by atoms with Gasteiger partial charge in [0.05, 0.1) is 5.56 Å². The molecule has 0 spiro atoms. The van der Waals surface area contributed by atoms with E-state index in [0.29, 0.717) is 11.1 Å². The topological polar surface area (TPSA) is 61.8 Å². The predicted octanol–water partition coefficient (Wildman–Crippen LogP) is 1.87. The summed E-state index contributed by atoms with van der Waals surface area (Å²) >= 11 is 0. The Kier molecular flexibility index (Phi) is 3.39. The molecule has 110 valence electrons. The fourth-order valence-corrected chi connectivity index (χ4v) is 2.52. The van der Waals surface area contributed by atoms with Crippen LogP contribution in [-0.4, -0.2) is 36.4 Å². The molecule has 1 saturated heterocycles. The maximum atomic E-state index is 11.9. The highest BCUT2D eigenvalue weighted by molar-refractivity contribution is 5.98. The smallest absolute Gasteiger partial charge is 0.338 e. The van der Waals surface area contributed by atoms with E-state index in [1.165, 1.54) is 6.08 Å². The maximum Gasteiger partial charge on any atom is 0.338 e. The molecule has 0 radical (unpaired) electrons. The van der Waals surface area contributed by atoms with Gasteiger partial charge in [-0.3, -0.25) is 4.79 Å². The molecule has 2 atom stereocenters. The van der Waals surface area contributed by atoms with Gasteiger partial charge in [0.25, 0.3) is 0 Å². The minimum absolute atomic E-state index is 0.0279. The first kappa shape index (κ1) is 14.0. The van der Waals surface area contributed by atoms with Crippen molar-refractivity contribution in [2.24, 2.45) is 0 Å². The van der Waals surface area contributed by atoms with E-state index in [9.17, 15) is 9.59 Å². The first-order valence-electron chi connectivity index (χ1n) is 6.78. The van der Waals surface area contributed by atoms with Crippen molar-refractivity contribution in [3.63, 3.8) is 0 Å². The molecule has 1 aliphatic carbocycles. The molecule has 1 aliphatic heterocycles. The van der Waals surface area contributed by atoms with Gasteiger partial charge in [0.15, 0.2) is 17.7 Å². The zero-order chi connectivity index (χ0) is 15.0. The zero-order valence-electron chi connectivity index (χ0n) is 11.9. The number of ketones is 1. The lowest BCUT2D eigenvalue weighted by Crippen LogP contribution is -2.26. The van der Waals surface area contributed by atoms with Crippen molar-refractivity contribution >= 4 is 11.8 Å². The van der Waals surface area contributed by atoms with Gasteiger partial charge in [-0.15, -0.1) is 0 Å². The summed E-state index contributed by atoms with van der Waals surface area (Å²) in [6, 6.07) is 8.71. The van der Waals surface area contributed by atoms with Crippen LogP contribution in [0.4, 0.5) is 0 Å². The van der Waals surface area contributed by atoms with Gasteiger partial charge in [0.2, 0.25) is 0 Å². The Bertz CT molecular complexity index is 602. The summed E-state index contributed by atoms with van der Waals surface area (Å²) in [7, 11) is 0. The van der Waals surface area contributed by atoms with Gasteiger partial charge in [-0.2, -0.15) is 0 Å². The van der Waals surface area contributed by atoms with Crippen LogP contribution in [0.15, 0.2) is 42.0 Å². The lowest BCUT2D eigenvalue weighted by atomic mass is 10.1. The minimum atomic E-state index is -0.798. The highest BCUT2D eigenvalue weighted by Crippen LogP contribution is 2.36. The quantitative estimate of drug-likeness (QED) is 0.795. The zero-order valence-corrected chi connectivity index (χ0v) is 11.9. The number of ether oxygens (including phenoxy) is 3. The normalized spacial score (nSPS) is 26.4. The van der Waals surface area contributed by atoms with E-state index in [1.54, 1.807) is 38.1 Å². The number of esters is 1. The SMILES string of the molecule is CC1(C)O[C@@H]2C(COC(=O)c3ccccc3)=CC(=O)[C@@H]2O1. The Morgan fingerprint density at radius 3 is 2.57 bits per heavy atom. The van der Waals surface area contributed by atoms with Crippen LogP contribution in [0.3, 0.4) is 0 Å². The monoisotopic (exact) mass is 288 g/mol. The average molecular weight is 288 g/mol. The fraction of sp³-hybridized carbons (Fsp3) is 0.375. The van der Waals surface area contributed by atoms with Crippen LogP contribution in [0.5, 0.6) is 0 Å². The second-order valence-corrected chi connectivity index (χ2v) is 5.54. The second-order valence-electron chi connectivity index (χ2n) is 5.54. The van der Waals surface area contributed by atoms with Gasteiger partial charge in [0, 0.05) is 5.57 Å². The third-order valence-electron chi connectivity index (χ3n) is 3.45. The average Bonchev–Trinajstić information content (AvgIpc) is 2.92. The number of benzene rings is 1. The van der Waals surface area contributed by atoms with Crippen molar-refractivity contribution < 1.29 is 23.8 Å². The number of rotatable bonds is 3. The van der Waals surface area contributed by atoms with Crippen LogP contribution in [0.25, 0.3) is 0 Å². The summed E-state index contributed by atoms with van der Waals surface area (Å²) in [5.41, 5.74) is 1.11. The van der Waals surface area contributed by atoms with Gasteiger partial charge >= 0.3 is 5.97 Å². The van der Waals surface area contributed by atoms with Gasteiger partial charge in [-0.05, 0) is 32.1 Å². The molecule has 0 unspecified atom stereocenters. The van der Waals surface area contributed by atoms with Gasteiger partial charge in [-0.25, -0.2) is 4.79 Å². The minimum Gasteiger partial charge on any atom is -0.457 e. The predicted molar refractivity (Wildman–Crippen MR) is 73.6 cm³/mol. The molecule has 0 amide bonds. The van der Waals surface area contributed by atoms with E-state index in [4.69, 9.17) is 14.2 Å². The maximum absolute atomic E-state index is 11.9.